The Balaban J connectivity index is 2.33. The number of hydrogen-bond acceptors (Lipinski definition) is 3. The van der Waals surface area contributed by atoms with E-state index in [0.717, 1.165) is 11.1 Å². The summed E-state index contributed by atoms with van der Waals surface area (Å²) in [7, 11) is 1.59. The van der Waals surface area contributed by atoms with Crippen molar-refractivity contribution in [2.24, 2.45) is 0 Å². The molecule has 2 rings (SSSR count). The average Bonchev–Trinajstić information content (AvgIpc) is 2.48. The van der Waals surface area contributed by atoms with Crippen molar-refractivity contribution in [3.05, 3.63) is 53.8 Å². The molecule has 0 radical (unpaired) electrons. The van der Waals surface area contributed by atoms with E-state index < -0.39 is 0 Å². The monoisotopic (exact) mass is 288 g/mol. The first kappa shape index (κ1) is 15.2. The van der Waals surface area contributed by atoms with Crippen molar-refractivity contribution in [2.45, 2.75) is 6.92 Å². The van der Waals surface area contributed by atoms with Crippen molar-refractivity contribution in [3.63, 3.8) is 0 Å². The van der Waals surface area contributed by atoms with Crippen LogP contribution in [0.4, 0.5) is 4.39 Å². The Bertz CT molecular complexity index is 620. The quantitative estimate of drug-likeness (QED) is 0.600. The number of carbonyl (C=O) groups is 1. The summed E-state index contributed by atoms with van der Waals surface area (Å²) in [5.74, 6) is 0.171. The van der Waals surface area contributed by atoms with Crippen LogP contribution in [0.15, 0.2) is 42.5 Å². The Kier molecular flexibility index (Phi) is 5.06. The third-order valence-electron chi connectivity index (χ3n) is 3.08. The van der Waals surface area contributed by atoms with Crippen LogP contribution in [0.3, 0.4) is 0 Å². The van der Waals surface area contributed by atoms with Gasteiger partial charge in [0.05, 0.1) is 12.2 Å². The fourth-order valence-electron chi connectivity index (χ4n) is 1.99. The van der Waals surface area contributed by atoms with E-state index in [1.54, 1.807) is 31.4 Å². The first-order valence-electron chi connectivity index (χ1n) is 6.64. The smallest absolute Gasteiger partial charge is 0.163 e. The Morgan fingerprint density at radius 2 is 1.71 bits per heavy atom. The van der Waals surface area contributed by atoms with E-state index >= 15 is 0 Å². The molecule has 0 unspecified atom stereocenters. The Hall–Kier alpha value is -2.20. The van der Waals surface area contributed by atoms with Gasteiger partial charge in [0.15, 0.2) is 5.78 Å². The SMILES string of the molecule is COCCOc1cc(-c2ccc(F)cc2)ccc1C(C)=O. The highest BCUT2D eigenvalue weighted by atomic mass is 19.1. The molecule has 0 saturated carbocycles. The van der Waals surface area contributed by atoms with Crippen LogP contribution in [0.2, 0.25) is 0 Å². The van der Waals surface area contributed by atoms with Gasteiger partial charge in [-0.05, 0) is 42.3 Å². The second-order valence-electron chi connectivity index (χ2n) is 4.62. The lowest BCUT2D eigenvalue weighted by Gasteiger charge is -2.12. The minimum Gasteiger partial charge on any atom is -0.490 e. The maximum absolute atomic E-state index is 13.0. The largest absolute Gasteiger partial charge is 0.490 e. The number of ether oxygens (including phenoxy) is 2. The summed E-state index contributed by atoms with van der Waals surface area (Å²) in [5, 5.41) is 0. The van der Waals surface area contributed by atoms with E-state index in [2.05, 4.69) is 0 Å². The van der Waals surface area contributed by atoms with Crippen molar-refractivity contribution in [2.75, 3.05) is 20.3 Å². The number of rotatable bonds is 6. The van der Waals surface area contributed by atoms with Crippen molar-refractivity contribution >= 4 is 5.78 Å². The van der Waals surface area contributed by atoms with E-state index in [0.29, 0.717) is 24.5 Å². The molecule has 3 nitrogen and oxygen atoms in total. The molecular formula is C17H17FO3. The highest BCUT2D eigenvalue weighted by Gasteiger charge is 2.10. The number of methoxy groups -OCH3 is 1. The molecule has 0 atom stereocenters. The van der Waals surface area contributed by atoms with Gasteiger partial charge in [0.2, 0.25) is 0 Å². The van der Waals surface area contributed by atoms with Crippen LogP contribution in [0.1, 0.15) is 17.3 Å². The highest BCUT2D eigenvalue weighted by Crippen LogP contribution is 2.28. The van der Waals surface area contributed by atoms with Crippen LogP contribution in [0, 0.1) is 5.82 Å². The van der Waals surface area contributed by atoms with Crippen LogP contribution in [0.5, 0.6) is 5.75 Å². The lowest BCUT2D eigenvalue weighted by atomic mass is 10.0. The van der Waals surface area contributed by atoms with Gasteiger partial charge in [-0.25, -0.2) is 4.39 Å². The van der Waals surface area contributed by atoms with Gasteiger partial charge in [0, 0.05) is 7.11 Å². The van der Waals surface area contributed by atoms with Crippen molar-refractivity contribution in [1.29, 1.82) is 0 Å². The topological polar surface area (TPSA) is 35.5 Å². The molecule has 0 aliphatic rings. The molecule has 110 valence electrons. The summed E-state index contributed by atoms with van der Waals surface area (Å²) in [4.78, 5) is 11.6. The fraction of sp³-hybridized carbons (Fsp3) is 0.235. The van der Waals surface area contributed by atoms with E-state index in [9.17, 15) is 9.18 Å². The summed E-state index contributed by atoms with van der Waals surface area (Å²) in [6, 6.07) is 11.5. The molecule has 0 aliphatic carbocycles. The van der Waals surface area contributed by atoms with Crippen LogP contribution < -0.4 is 4.74 Å². The van der Waals surface area contributed by atoms with E-state index in [4.69, 9.17) is 9.47 Å². The highest BCUT2D eigenvalue weighted by molar-refractivity contribution is 5.97. The summed E-state index contributed by atoms with van der Waals surface area (Å²) in [6.45, 7) is 2.30. The number of halogens is 1. The lowest BCUT2D eigenvalue weighted by molar-refractivity contribution is 0.100. The summed E-state index contributed by atoms with van der Waals surface area (Å²) >= 11 is 0. The Morgan fingerprint density at radius 1 is 1.05 bits per heavy atom. The van der Waals surface area contributed by atoms with Crippen molar-refractivity contribution < 1.29 is 18.7 Å². The average molecular weight is 288 g/mol. The molecule has 0 aliphatic heterocycles. The first-order valence-corrected chi connectivity index (χ1v) is 6.64. The van der Waals surface area contributed by atoms with Gasteiger partial charge >= 0.3 is 0 Å². The number of Topliss-reactive ketones (excluding diaryl/α,β-unsaturated/α-hetero) is 1. The summed E-state index contributed by atoms with van der Waals surface area (Å²) in [6.07, 6.45) is 0. The number of benzene rings is 2. The number of ketones is 1. The third kappa shape index (κ3) is 3.89. The van der Waals surface area contributed by atoms with Gasteiger partial charge < -0.3 is 9.47 Å². The van der Waals surface area contributed by atoms with Crippen LogP contribution >= 0.6 is 0 Å². The van der Waals surface area contributed by atoms with Crippen LogP contribution in [-0.4, -0.2) is 26.1 Å². The second kappa shape index (κ2) is 6.99. The molecule has 0 bridgehead atoms. The number of hydrogen-bond donors (Lipinski definition) is 0. The third-order valence-corrected chi connectivity index (χ3v) is 3.08. The molecule has 0 spiro atoms. The normalized spacial score (nSPS) is 10.4. The van der Waals surface area contributed by atoms with Gasteiger partial charge in [-0.1, -0.05) is 18.2 Å². The van der Waals surface area contributed by atoms with E-state index in [-0.39, 0.29) is 11.6 Å². The molecule has 2 aromatic carbocycles. The first-order chi connectivity index (χ1) is 10.1. The number of carbonyl (C=O) groups excluding carboxylic acids is 1. The minimum absolute atomic E-state index is 0.0620. The minimum atomic E-state index is -0.282. The molecule has 0 saturated heterocycles. The van der Waals surface area contributed by atoms with Crippen molar-refractivity contribution in [3.8, 4) is 16.9 Å². The fourth-order valence-corrected chi connectivity index (χ4v) is 1.99. The second-order valence-corrected chi connectivity index (χ2v) is 4.62. The standard InChI is InChI=1S/C17H17FO3/c1-12(19)16-8-5-14(11-17(16)21-10-9-20-2)13-3-6-15(18)7-4-13/h3-8,11H,9-10H2,1-2H3. The molecule has 4 heteroatoms. The van der Waals surface area contributed by atoms with Gasteiger partial charge in [-0.15, -0.1) is 0 Å². The predicted molar refractivity (Wildman–Crippen MR) is 79.2 cm³/mol. The molecular weight excluding hydrogens is 271 g/mol. The van der Waals surface area contributed by atoms with Gasteiger partial charge in [0.1, 0.15) is 18.2 Å². The Morgan fingerprint density at radius 3 is 2.33 bits per heavy atom. The maximum Gasteiger partial charge on any atom is 0.163 e. The molecule has 0 fully saturated rings. The molecule has 0 heterocycles. The molecule has 2 aromatic rings. The maximum atomic E-state index is 13.0. The van der Waals surface area contributed by atoms with Crippen LogP contribution in [0.25, 0.3) is 11.1 Å². The van der Waals surface area contributed by atoms with Gasteiger partial charge in [-0.2, -0.15) is 0 Å². The predicted octanol–water partition coefficient (Wildman–Crippen LogP) is 3.72. The van der Waals surface area contributed by atoms with Gasteiger partial charge in [0.25, 0.3) is 0 Å². The van der Waals surface area contributed by atoms with Crippen LogP contribution in [-0.2, 0) is 4.74 Å². The zero-order chi connectivity index (χ0) is 15.2. The van der Waals surface area contributed by atoms with E-state index in [1.807, 2.05) is 6.07 Å². The molecule has 0 aromatic heterocycles. The molecule has 0 N–H and O–H groups in total. The lowest BCUT2D eigenvalue weighted by Crippen LogP contribution is -2.07. The molecule has 21 heavy (non-hydrogen) atoms. The summed E-state index contributed by atoms with van der Waals surface area (Å²) < 4.78 is 23.5. The zero-order valence-electron chi connectivity index (χ0n) is 12.1. The van der Waals surface area contributed by atoms with Gasteiger partial charge in [-0.3, -0.25) is 4.79 Å². The van der Waals surface area contributed by atoms with Crippen molar-refractivity contribution in [1.82, 2.24) is 0 Å². The molecule has 0 amide bonds. The van der Waals surface area contributed by atoms with E-state index in [1.165, 1.54) is 19.1 Å². The zero-order valence-corrected chi connectivity index (χ0v) is 12.1. The Labute approximate surface area is 123 Å². The summed E-state index contributed by atoms with van der Waals surface area (Å²) in [5.41, 5.74) is 2.26.